The number of methoxy groups -OCH3 is 1. The Labute approximate surface area is 228 Å². The number of pyridine rings is 1. The molecule has 6 rings (SSSR count). The summed E-state index contributed by atoms with van der Waals surface area (Å²) >= 11 is 0. The van der Waals surface area contributed by atoms with Crippen LogP contribution in [0.5, 0.6) is 11.5 Å². The lowest BCUT2D eigenvalue weighted by molar-refractivity contribution is -0.0488. The first-order valence-corrected chi connectivity index (χ1v) is 13.8. The predicted octanol–water partition coefficient (Wildman–Crippen LogP) is 6.10. The summed E-state index contributed by atoms with van der Waals surface area (Å²) in [6.45, 7) is 1.36. The zero-order chi connectivity index (χ0) is 26.4. The molecule has 1 aliphatic heterocycles. The van der Waals surface area contributed by atoms with E-state index in [1.54, 1.807) is 18.1 Å². The molecule has 39 heavy (non-hydrogen) atoms. The Bertz CT molecular complexity index is 1370. The molecule has 2 aliphatic rings. The van der Waals surface area contributed by atoms with Gasteiger partial charge in [0.05, 0.1) is 13.2 Å². The van der Waals surface area contributed by atoms with Crippen molar-refractivity contribution in [2.24, 2.45) is 0 Å². The molecular formula is C30H34N6O3. The molecule has 1 unspecified atom stereocenters. The fourth-order valence-electron chi connectivity index (χ4n) is 5.30. The van der Waals surface area contributed by atoms with Gasteiger partial charge in [-0.05, 0) is 86.1 Å². The van der Waals surface area contributed by atoms with Crippen LogP contribution in [0.3, 0.4) is 0 Å². The third kappa shape index (κ3) is 5.88. The van der Waals surface area contributed by atoms with Crippen LogP contribution in [0.2, 0.25) is 0 Å². The molecule has 0 spiro atoms. The van der Waals surface area contributed by atoms with Gasteiger partial charge in [0.1, 0.15) is 0 Å². The van der Waals surface area contributed by atoms with Gasteiger partial charge in [-0.25, -0.2) is 0 Å². The molecule has 2 aromatic heterocycles. The first kappa shape index (κ1) is 25.3. The minimum atomic E-state index is -0.150. The highest BCUT2D eigenvalue weighted by Crippen LogP contribution is 2.38. The first-order valence-electron chi connectivity index (χ1n) is 13.8. The SMILES string of the molecule is COc1ccc(N(Cc2cccnc2)c2cccc(-c3nnn(C4CCCCO4)n3)c2)cc1OC1CCCC1. The number of hydrogen-bond donors (Lipinski definition) is 0. The van der Waals surface area contributed by atoms with Crippen LogP contribution < -0.4 is 14.4 Å². The largest absolute Gasteiger partial charge is 0.493 e. The van der Waals surface area contributed by atoms with Gasteiger partial charge < -0.3 is 19.1 Å². The van der Waals surface area contributed by atoms with Crippen LogP contribution in [-0.4, -0.2) is 45.0 Å². The molecule has 1 saturated heterocycles. The summed E-state index contributed by atoms with van der Waals surface area (Å²) in [5.74, 6) is 2.09. The Morgan fingerprint density at radius 2 is 1.82 bits per heavy atom. The van der Waals surface area contributed by atoms with Crippen LogP contribution in [0.15, 0.2) is 67.0 Å². The Kier molecular flexibility index (Phi) is 7.67. The highest BCUT2D eigenvalue weighted by molar-refractivity contribution is 5.71. The number of nitrogens with zero attached hydrogens (tertiary/aromatic N) is 6. The van der Waals surface area contributed by atoms with Crippen LogP contribution in [-0.2, 0) is 11.3 Å². The highest BCUT2D eigenvalue weighted by atomic mass is 16.5. The van der Waals surface area contributed by atoms with E-state index in [1.807, 2.05) is 30.5 Å². The molecule has 9 heteroatoms. The minimum absolute atomic E-state index is 0.150. The first-order chi connectivity index (χ1) is 19.3. The van der Waals surface area contributed by atoms with Crippen molar-refractivity contribution in [1.29, 1.82) is 0 Å². The van der Waals surface area contributed by atoms with Crippen molar-refractivity contribution in [3.63, 3.8) is 0 Å². The van der Waals surface area contributed by atoms with E-state index >= 15 is 0 Å². The van der Waals surface area contributed by atoms with E-state index in [1.165, 1.54) is 12.8 Å². The van der Waals surface area contributed by atoms with Crippen molar-refractivity contribution in [2.45, 2.75) is 63.8 Å². The van der Waals surface area contributed by atoms with Crippen molar-refractivity contribution < 1.29 is 14.2 Å². The van der Waals surface area contributed by atoms with Gasteiger partial charge in [-0.3, -0.25) is 4.98 Å². The van der Waals surface area contributed by atoms with Crippen molar-refractivity contribution >= 4 is 11.4 Å². The zero-order valence-electron chi connectivity index (χ0n) is 22.3. The number of ether oxygens (including phenoxy) is 3. The standard InChI is InChI=1S/C30H34N6O3/c1-37-27-15-14-25(19-28(27)39-26-11-2-3-12-26)35(21-22-8-7-16-31-20-22)24-10-6-9-23(18-24)30-32-34-36(33-30)29-13-4-5-17-38-29/h6-10,14-16,18-20,26,29H,2-5,11-13,17,21H2,1H3. The predicted molar refractivity (Wildman–Crippen MR) is 148 cm³/mol. The maximum Gasteiger partial charge on any atom is 0.205 e. The summed E-state index contributed by atoms with van der Waals surface area (Å²) in [5.41, 5.74) is 3.98. The molecule has 9 nitrogen and oxygen atoms in total. The third-order valence-corrected chi connectivity index (χ3v) is 7.38. The molecule has 1 atom stereocenters. The smallest absolute Gasteiger partial charge is 0.205 e. The van der Waals surface area contributed by atoms with E-state index in [9.17, 15) is 0 Å². The summed E-state index contributed by atoms with van der Waals surface area (Å²) < 4.78 is 17.9. The van der Waals surface area contributed by atoms with E-state index in [0.29, 0.717) is 12.4 Å². The quantitative estimate of drug-likeness (QED) is 0.258. The molecule has 1 saturated carbocycles. The Morgan fingerprint density at radius 1 is 0.949 bits per heavy atom. The molecule has 2 fully saturated rings. The molecule has 0 N–H and O–H groups in total. The van der Waals surface area contributed by atoms with Crippen molar-refractivity contribution in [1.82, 2.24) is 25.2 Å². The Morgan fingerprint density at radius 3 is 2.62 bits per heavy atom. The fourth-order valence-corrected chi connectivity index (χ4v) is 5.30. The summed E-state index contributed by atoms with van der Waals surface area (Å²) in [4.78, 5) is 8.18. The minimum Gasteiger partial charge on any atom is -0.493 e. The molecule has 3 heterocycles. The van der Waals surface area contributed by atoms with Gasteiger partial charge in [0.15, 0.2) is 17.7 Å². The van der Waals surface area contributed by atoms with Crippen LogP contribution in [0.25, 0.3) is 11.4 Å². The van der Waals surface area contributed by atoms with Gasteiger partial charge in [0.2, 0.25) is 5.82 Å². The number of benzene rings is 2. The molecular weight excluding hydrogens is 492 g/mol. The van der Waals surface area contributed by atoms with E-state index < -0.39 is 0 Å². The fraction of sp³-hybridized carbons (Fsp3) is 0.400. The van der Waals surface area contributed by atoms with Crippen molar-refractivity contribution in [2.75, 3.05) is 18.6 Å². The second-order valence-corrected chi connectivity index (χ2v) is 10.1. The summed E-state index contributed by atoms with van der Waals surface area (Å²) in [5, 5.41) is 13.3. The lowest BCUT2D eigenvalue weighted by Crippen LogP contribution is -2.20. The number of tetrazole rings is 1. The van der Waals surface area contributed by atoms with Gasteiger partial charge in [-0.2, -0.15) is 0 Å². The molecule has 0 bridgehead atoms. The molecule has 0 amide bonds. The van der Waals surface area contributed by atoms with Crippen LogP contribution >= 0.6 is 0 Å². The summed E-state index contributed by atoms with van der Waals surface area (Å²) in [7, 11) is 1.69. The van der Waals surface area contributed by atoms with Gasteiger partial charge in [0.25, 0.3) is 0 Å². The van der Waals surface area contributed by atoms with E-state index in [4.69, 9.17) is 14.2 Å². The number of anilines is 2. The number of aromatic nitrogens is 5. The van der Waals surface area contributed by atoms with Gasteiger partial charge in [0, 0.05) is 48.5 Å². The Hall–Kier alpha value is -3.98. The van der Waals surface area contributed by atoms with Crippen LogP contribution in [0.4, 0.5) is 11.4 Å². The van der Waals surface area contributed by atoms with E-state index in [-0.39, 0.29) is 12.3 Å². The lowest BCUT2D eigenvalue weighted by Gasteiger charge is -2.27. The van der Waals surface area contributed by atoms with Crippen LogP contribution in [0, 0.1) is 0 Å². The van der Waals surface area contributed by atoms with Gasteiger partial charge in [-0.1, -0.05) is 18.2 Å². The van der Waals surface area contributed by atoms with Crippen molar-refractivity contribution in [3.05, 3.63) is 72.6 Å². The topological polar surface area (TPSA) is 87.4 Å². The second-order valence-electron chi connectivity index (χ2n) is 10.1. The molecule has 2 aromatic carbocycles. The summed E-state index contributed by atoms with van der Waals surface area (Å²) in [6.07, 6.45) is 11.4. The monoisotopic (exact) mass is 526 g/mol. The molecule has 0 radical (unpaired) electrons. The number of rotatable bonds is 9. The lowest BCUT2D eigenvalue weighted by atomic mass is 10.1. The maximum absolute atomic E-state index is 6.42. The van der Waals surface area contributed by atoms with E-state index in [0.717, 1.165) is 72.7 Å². The molecule has 1 aliphatic carbocycles. The average Bonchev–Trinajstić information content (AvgIpc) is 3.70. The van der Waals surface area contributed by atoms with Gasteiger partial charge in [-0.15, -0.1) is 15.0 Å². The average molecular weight is 527 g/mol. The zero-order valence-corrected chi connectivity index (χ0v) is 22.3. The molecule has 4 aromatic rings. The second kappa shape index (κ2) is 11.8. The van der Waals surface area contributed by atoms with Crippen LogP contribution in [0.1, 0.15) is 56.7 Å². The summed E-state index contributed by atoms with van der Waals surface area (Å²) in [6, 6.07) is 18.4. The van der Waals surface area contributed by atoms with E-state index in [2.05, 4.69) is 55.6 Å². The number of hydrogen-bond acceptors (Lipinski definition) is 8. The Balaban J connectivity index is 1.34. The third-order valence-electron chi connectivity index (χ3n) is 7.38. The molecule has 202 valence electrons. The van der Waals surface area contributed by atoms with Crippen molar-refractivity contribution in [3.8, 4) is 22.9 Å². The normalized spacial score (nSPS) is 17.7. The van der Waals surface area contributed by atoms with Gasteiger partial charge >= 0.3 is 0 Å². The highest BCUT2D eigenvalue weighted by Gasteiger charge is 2.22. The maximum atomic E-state index is 6.42.